The molecule has 1 rings (SSSR count). The van der Waals surface area contributed by atoms with Crippen molar-refractivity contribution in [2.75, 3.05) is 5.84 Å². The third-order valence-corrected chi connectivity index (χ3v) is 1.07. The molecule has 0 spiro atoms. The van der Waals surface area contributed by atoms with E-state index < -0.39 is 11.2 Å². The van der Waals surface area contributed by atoms with Gasteiger partial charge in [0.05, 0.1) is 5.29 Å². The molecule has 0 atom stereocenters. The highest BCUT2D eigenvalue weighted by atomic mass is 16.3. The molecule has 0 aliphatic rings. The van der Waals surface area contributed by atoms with Gasteiger partial charge >= 0.3 is 5.69 Å². The first-order valence-corrected chi connectivity index (χ1v) is 2.60. The molecule has 2 N–H and O–H groups in total. The molecule has 58 valence electrons. The summed E-state index contributed by atoms with van der Waals surface area (Å²) >= 11 is 0. The van der Waals surface area contributed by atoms with Gasteiger partial charge in [-0.2, -0.15) is 0 Å². The molecule has 1 heterocycles. The summed E-state index contributed by atoms with van der Waals surface area (Å²) in [5.41, 5.74) is -1.76. The topological polar surface area (TPSA) is 99.4 Å². The van der Waals surface area contributed by atoms with Gasteiger partial charge in [0.2, 0.25) is 0 Å². The maximum absolute atomic E-state index is 10.7. The monoisotopic (exact) mass is 156 g/mol. The molecule has 0 saturated heterocycles. The van der Waals surface area contributed by atoms with Crippen LogP contribution in [-0.2, 0) is 0 Å². The fourth-order valence-corrected chi connectivity index (χ4v) is 0.557. The van der Waals surface area contributed by atoms with Crippen LogP contribution in [0.5, 0.6) is 0 Å². The SMILES string of the molecule is Nn1ccc(=O)n(N=O)c1=O. The molecular weight excluding hydrogens is 152 g/mol. The lowest BCUT2D eigenvalue weighted by molar-refractivity contribution is 0.689. The molecule has 0 fully saturated rings. The van der Waals surface area contributed by atoms with Gasteiger partial charge in [0.15, 0.2) is 0 Å². The molecule has 1 aromatic heterocycles. The summed E-state index contributed by atoms with van der Waals surface area (Å²) in [7, 11) is 0. The van der Waals surface area contributed by atoms with Gasteiger partial charge < -0.3 is 5.84 Å². The fourth-order valence-electron chi connectivity index (χ4n) is 0.557. The van der Waals surface area contributed by atoms with Crippen LogP contribution < -0.4 is 17.1 Å². The van der Waals surface area contributed by atoms with Gasteiger partial charge in [-0.25, -0.2) is 9.47 Å². The molecule has 0 bridgehead atoms. The molecule has 0 aliphatic heterocycles. The molecular formula is C4H4N4O3. The number of nitrogen functional groups attached to an aromatic ring is 1. The van der Waals surface area contributed by atoms with E-state index in [1.165, 1.54) is 0 Å². The van der Waals surface area contributed by atoms with E-state index in [0.717, 1.165) is 12.3 Å². The van der Waals surface area contributed by atoms with E-state index in [1.807, 2.05) is 0 Å². The Labute approximate surface area is 59.6 Å². The van der Waals surface area contributed by atoms with Crippen molar-refractivity contribution >= 4 is 0 Å². The summed E-state index contributed by atoms with van der Waals surface area (Å²) in [6.45, 7) is 0. The van der Waals surface area contributed by atoms with Crippen molar-refractivity contribution in [3.05, 3.63) is 38.0 Å². The number of hydrogen-bond acceptors (Lipinski definition) is 5. The summed E-state index contributed by atoms with van der Waals surface area (Å²) in [6, 6.07) is 0.961. The van der Waals surface area contributed by atoms with E-state index in [1.54, 1.807) is 0 Å². The molecule has 0 unspecified atom stereocenters. The molecule has 1 aromatic rings. The summed E-state index contributed by atoms with van der Waals surface area (Å²) in [5, 5.41) is 2.17. The zero-order chi connectivity index (χ0) is 8.43. The number of nitrogens with two attached hydrogens (primary N) is 1. The predicted octanol–water partition coefficient (Wildman–Crippen LogP) is -1.75. The van der Waals surface area contributed by atoms with Gasteiger partial charge in [-0.3, -0.25) is 4.79 Å². The van der Waals surface area contributed by atoms with Gasteiger partial charge in [-0.1, -0.05) is 0 Å². The first-order valence-electron chi connectivity index (χ1n) is 2.60. The van der Waals surface area contributed by atoms with Gasteiger partial charge in [0, 0.05) is 12.3 Å². The number of hydrogen-bond donors (Lipinski definition) is 1. The Balaban J connectivity index is 3.68. The lowest BCUT2D eigenvalue weighted by Crippen LogP contribution is -2.39. The number of aromatic nitrogens is 2. The van der Waals surface area contributed by atoms with Gasteiger partial charge in [0.1, 0.15) is 0 Å². The van der Waals surface area contributed by atoms with E-state index in [2.05, 4.69) is 5.29 Å². The second-order valence-electron chi connectivity index (χ2n) is 1.74. The summed E-state index contributed by atoms with van der Waals surface area (Å²) in [6.07, 6.45) is 1.05. The van der Waals surface area contributed by atoms with Crippen LogP contribution in [0.4, 0.5) is 0 Å². The van der Waals surface area contributed by atoms with Crippen LogP contribution in [-0.4, -0.2) is 9.35 Å². The molecule has 0 saturated carbocycles. The minimum Gasteiger partial charge on any atom is -0.335 e. The predicted molar refractivity (Wildman–Crippen MR) is 36.3 cm³/mol. The second-order valence-corrected chi connectivity index (χ2v) is 1.74. The Kier molecular flexibility index (Phi) is 1.55. The highest BCUT2D eigenvalue weighted by Gasteiger charge is 2.00. The van der Waals surface area contributed by atoms with Crippen LogP contribution in [0.25, 0.3) is 0 Å². The van der Waals surface area contributed by atoms with Crippen LogP contribution in [0.2, 0.25) is 0 Å². The Bertz CT molecular complexity index is 389. The van der Waals surface area contributed by atoms with Crippen molar-refractivity contribution in [1.82, 2.24) is 9.35 Å². The average Bonchev–Trinajstić information content (AvgIpc) is 1.99. The lowest BCUT2D eigenvalue weighted by atomic mass is 10.7. The van der Waals surface area contributed by atoms with Gasteiger partial charge in [-0.15, -0.1) is 9.58 Å². The highest BCUT2D eigenvalue weighted by molar-refractivity contribution is 4.85. The van der Waals surface area contributed by atoms with Crippen molar-refractivity contribution in [1.29, 1.82) is 0 Å². The van der Waals surface area contributed by atoms with Crippen LogP contribution in [0, 0.1) is 4.91 Å². The first kappa shape index (κ1) is 7.19. The van der Waals surface area contributed by atoms with E-state index >= 15 is 0 Å². The summed E-state index contributed by atoms with van der Waals surface area (Å²) in [5.74, 6) is 5.01. The maximum Gasteiger partial charge on any atom is 0.373 e. The van der Waals surface area contributed by atoms with Crippen molar-refractivity contribution in [3.63, 3.8) is 0 Å². The Hall–Kier alpha value is -1.92. The fraction of sp³-hybridized carbons (Fsp3) is 0. The third kappa shape index (κ3) is 1.02. The largest absolute Gasteiger partial charge is 0.373 e. The molecule has 0 aliphatic carbocycles. The summed E-state index contributed by atoms with van der Waals surface area (Å²) in [4.78, 5) is 31.2. The van der Waals surface area contributed by atoms with Crippen molar-refractivity contribution in [3.8, 4) is 0 Å². The number of rotatable bonds is 1. The minimum atomic E-state index is -0.965. The molecule has 11 heavy (non-hydrogen) atoms. The molecule has 0 radical (unpaired) electrons. The van der Waals surface area contributed by atoms with Crippen molar-refractivity contribution in [2.24, 2.45) is 5.29 Å². The quantitative estimate of drug-likeness (QED) is 0.385. The molecule has 0 amide bonds. The zero-order valence-corrected chi connectivity index (χ0v) is 5.30. The van der Waals surface area contributed by atoms with E-state index in [-0.39, 0.29) is 4.68 Å². The van der Waals surface area contributed by atoms with Gasteiger partial charge in [0.25, 0.3) is 5.56 Å². The normalized spacial score (nSPS) is 9.45. The van der Waals surface area contributed by atoms with Crippen LogP contribution in [0.3, 0.4) is 0 Å². The summed E-state index contributed by atoms with van der Waals surface area (Å²) < 4.78 is 0.711. The zero-order valence-electron chi connectivity index (χ0n) is 5.30. The first-order chi connectivity index (χ1) is 5.16. The maximum atomic E-state index is 10.7. The second kappa shape index (κ2) is 2.37. The minimum absolute atomic E-state index is 0.125. The Morgan fingerprint density at radius 2 is 2.09 bits per heavy atom. The van der Waals surface area contributed by atoms with Crippen LogP contribution in [0.1, 0.15) is 0 Å². The average molecular weight is 156 g/mol. The van der Waals surface area contributed by atoms with Crippen molar-refractivity contribution < 1.29 is 0 Å². The van der Waals surface area contributed by atoms with Crippen LogP contribution >= 0.6 is 0 Å². The number of nitroso groups, excluding NO2 is 1. The van der Waals surface area contributed by atoms with Gasteiger partial charge in [-0.05, 0) is 0 Å². The molecule has 7 nitrogen and oxygen atoms in total. The van der Waals surface area contributed by atoms with E-state index in [4.69, 9.17) is 5.84 Å². The van der Waals surface area contributed by atoms with E-state index in [9.17, 15) is 14.5 Å². The number of nitrogens with zero attached hydrogens (tertiary/aromatic N) is 3. The molecule has 7 heteroatoms. The smallest absolute Gasteiger partial charge is 0.335 e. The standard InChI is InChI=1S/C4H4N4O3/c5-7-2-1-3(9)8(6-11)4(7)10/h1-2H,5H2. The third-order valence-electron chi connectivity index (χ3n) is 1.07. The highest BCUT2D eigenvalue weighted by Crippen LogP contribution is 1.67. The lowest BCUT2D eigenvalue weighted by Gasteiger charge is -1.94. The molecule has 0 aromatic carbocycles. The van der Waals surface area contributed by atoms with E-state index in [0.29, 0.717) is 4.68 Å². The van der Waals surface area contributed by atoms with Crippen molar-refractivity contribution in [2.45, 2.75) is 0 Å². The Morgan fingerprint density at radius 3 is 2.55 bits per heavy atom. The van der Waals surface area contributed by atoms with Crippen LogP contribution in [0.15, 0.2) is 27.1 Å². The Morgan fingerprint density at radius 1 is 1.45 bits per heavy atom.